The number of nitrogens with one attached hydrogen (secondary N) is 1. The Morgan fingerprint density at radius 2 is 2.20 bits per heavy atom. The Kier molecular flexibility index (Phi) is 4.61. The summed E-state index contributed by atoms with van der Waals surface area (Å²) in [6, 6.07) is 5.08. The molecule has 110 valence electrons. The molecule has 20 heavy (non-hydrogen) atoms. The van der Waals surface area contributed by atoms with Gasteiger partial charge in [-0.3, -0.25) is 4.68 Å². The molecule has 1 N–H and O–H groups in total. The van der Waals surface area contributed by atoms with Crippen LogP contribution in [0.15, 0.2) is 41.3 Å². The average Bonchev–Trinajstić information content (AvgIpc) is 2.98. The quantitative estimate of drug-likeness (QED) is 0.843. The van der Waals surface area contributed by atoms with Gasteiger partial charge in [-0.2, -0.15) is 5.10 Å². The second-order valence-corrected chi connectivity index (χ2v) is 6.89. The summed E-state index contributed by atoms with van der Waals surface area (Å²) in [5.41, 5.74) is 0. The minimum atomic E-state index is -3.29. The van der Waals surface area contributed by atoms with Gasteiger partial charge < -0.3 is 4.42 Å². The highest BCUT2D eigenvalue weighted by Crippen LogP contribution is 2.17. The van der Waals surface area contributed by atoms with Crippen LogP contribution in [0.1, 0.15) is 25.6 Å². The molecule has 0 bridgehead atoms. The fraction of sp³-hybridized carbons (Fsp3) is 0.462. The van der Waals surface area contributed by atoms with Crippen LogP contribution in [0.4, 0.5) is 0 Å². The molecule has 6 nitrogen and oxygen atoms in total. The summed E-state index contributed by atoms with van der Waals surface area (Å²) < 4.78 is 33.5. The maximum atomic E-state index is 11.9. The van der Waals surface area contributed by atoms with Gasteiger partial charge in [-0.15, -0.1) is 0 Å². The Morgan fingerprint density at radius 1 is 1.40 bits per heavy atom. The highest BCUT2D eigenvalue weighted by molar-refractivity contribution is 7.89. The van der Waals surface area contributed by atoms with Crippen molar-refractivity contribution in [2.45, 2.75) is 19.9 Å². The Labute approximate surface area is 118 Å². The average molecular weight is 297 g/mol. The summed E-state index contributed by atoms with van der Waals surface area (Å²) in [7, 11) is -3.29. The van der Waals surface area contributed by atoms with Gasteiger partial charge in [-0.25, -0.2) is 13.1 Å². The van der Waals surface area contributed by atoms with E-state index in [1.54, 1.807) is 35.5 Å². The van der Waals surface area contributed by atoms with Crippen LogP contribution < -0.4 is 4.72 Å². The van der Waals surface area contributed by atoms with Crippen molar-refractivity contribution in [3.05, 3.63) is 42.6 Å². The van der Waals surface area contributed by atoms with E-state index in [4.69, 9.17) is 4.42 Å². The van der Waals surface area contributed by atoms with Crippen molar-refractivity contribution in [3.63, 3.8) is 0 Å². The molecule has 2 aromatic heterocycles. The van der Waals surface area contributed by atoms with Gasteiger partial charge in [-0.1, -0.05) is 13.8 Å². The first-order valence-corrected chi connectivity index (χ1v) is 8.13. The maximum absolute atomic E-state index is 11.9. The highest BCUT2D eigenvalue weighted by Gasteiger charge is 2.20. The molecule has 0 aromatic carbocycles. The summed E-state index contributed by atoms with van der Waals surface area (Å²) in [6.07, 6.45) is 5.00. The van der Waals surface area contributed by atoms with Crippen molar-refractivity contribution < 1.29 is 12.8 Å². The van der Waals surface area contributed by atoms with Crippen molar-refractivity contribution in [1.82, 2.24) is 14.5 Å². The van der Waals surface area contributed by atoms with Gasteiger partial charge in [0.25, 0.3) is 0 Å². The van der Waals surface area contributed by atoms with Crippen molar-refractivity contribution in [1.29, 1.82) is 0 Å². The minimum absolute atomic E-state index is 0.0827. The maximum Gasteiger partial charge on any atom is 0.211 e. The molecule has 0 radical (unpaired) electrons. The zero-order valence-electron chi connectivity index (χ0n) is 11.6. The van der Waals surface area contributed by atoms with E-state index in [2.05, 4.69) is 9.82 Å². The van der Waals surface area contributed by atoms with Gasteiger partial charge in [0.1, 0.15) is 11.8 Å². The van der Waals surface area contributed by atoms with Gasteiger partial charge in [0.2, 0.25) is 10.0 Å². The molecule has 1 atom stereocenters. The van der Waals surface area contributed by atoms with E-state index in [0.29, 0.717) is 5.76 Å². The van der Waals surface area contributed by atoms with Gasteiger partial charge in [0.15, 0.2) is 0 Å². The molecule has 2 heterocycles. The third-order valence-electron chi connectivity index (χ3n) is 2.77. The zero-order chi connectivity index (χ0) is 14.6. The second-order valence-electron chi connectivity index (χ2n) is 5.04. The second kappa shape index (κ2) is 6.23. The Morgan fingerprint density at radius 3 is 2.75 bits per heavy atom. The monoisotopic (exact) mass is 297 g/mol. The molecule has 7 heteroatoms. The van der Waals surface area contributed by atoms with Crippen LogP contribution >= 0.6 is 0 Å². The zero-order valence-corrected chi connectivity index (χ0v) is 12.4. The van der Waals surface area contributed by atoms with E-state index in [9.17, 15) is 8.42 Å². The topological polar surface area (TPSA) is 77.1 Å². The van der Waals surface area contributed by atoms with Gasteiger partial charge >= 0.3 is 0 Å². The Hall–Kier alpha value is -1.60. The molecule has 2 rings (SSSR count). The normalized spacial score (nSPS) is 13.8. The predicted octanol–water partition coefficient (Wildman–Crippen LogP) is 1.64. The van der Waals surface area contributed by atoms with Crippen LogP contribution in [0, 0.1) is 5.92 Å². The molecular weight excluding hydrogens is 278 g/mol. The molecule has 0 aliphatic heterocycles. The molecule has 1 unspecified atom stereocenters. The van der Waals surface area contributed by atoms with Crippen LogP contribution in [-0.2, 0) is 10.0 Å². The molecule has 2 aromatic rings. The highest BCUT2D eigenvalue weighted by atomic mass is 32.2. The number of aromatic nitrogens is 2. The third-order valence-corrected chi connectivity index (χ3v) is 4.48. The summed E-state index contributed by atoms with van der Waals surface area (Å²) in [5, 5.41) is 4.16. The van der Waals surface area contributed by atoms with E-state index >= 15 is 0 Å². The van der Waals surface area contributed by atoms with Crippen LogP contribution in [0.2, 0.25) is 0 Å². The fourth-order valence-corrected chi connectivity index (χ4v) is 3.38. The number of rotatable bonds is 7. The lowest BCUT2D eigenvalue weighted by atomic mass is 10.2. The van der Waals surface area contributed by atoms with Crippen LogP contribution in [0.5, 0.6) is 0 Å². The summed E-state index contributed by atoms with van der Waals surface area (Å²) in [5.74, 6) is 0.858. The van der Waals surface area contributed by atoms with Crippen LogP contribution in [0.25, 0.3) is 0 Å². The predicted molar refractivity (Wildman–Crippen MR) is 75.7 cm³/mol. The molecule has 0 aliphatic carbocycles. The molecule has 0 saturated heterocycles. The fourth-order valence-electron chi connectivity index (χ4n) is 1.97. The van der Waals surface area contributed by atoms with Crippen LogP contribution in [0.3, 0.4) is 0 Å². The van der Waals surface area contributed by atoms with E-state index in [0.717, 1.165) is 0 Å². The SMILES string of the molecule is CC(C)CS(=O)(=O)NCC(c1ccco1)n1cccn1. The number of nitrogens with zero attached hydrogens (tertiary/aromatic N) is 2. The summed E-state index contributed by atoms with van der Waals surface area (Å²) >= 11 is 0. The first-order chi connectivity index (χ1) is 9.48. The van der Waals surface area contributed by atoms with Gasteiger partial charge in [0.05, 0.1) is 12.0 Å². The standard InChI is InChI=1S/C13H19N3O3S/c1-11(2)10-20(17,18)15-9-12(13-5-3-8-19-13)16-7-4-6-14-16/h3-8,11-12,15H,9-10H2,1-2H3. The van der Waals surface area contributed by atoms with Crippen molar-refractivity contribution >= 4 is 10.0 Å². The number of hydrogen-bond acceptors (Lipinski definition) is 4. The number of sulfonamides is 1. The summed E-state index contributed by atoms with van der Waals surface area (Å²) in [4.78, 5) is 0. The van der Waals surface area contributed by atoms with Crippen molar-refractivity contribution in [3.8, 4) is 0 Å². The Bertz CT molecular complexity index is 569. The number of furan rings is 1. The largest absolute Gasteiger partial charge is 0.467 e. The first kappa shape index (κ1) is 14.8. The molecule has 0 saturated carbocycles. The van der Waals surface area contributed by atoms with Crippen molar-refractivity contribution in [2.75, 3.05) is 12.3 Å². The number of hydrogen-bond donors (Lipinski definition) is 1. The molecule has 0 fully saturated rings. The molecule has 0 amide bonds. The van der Waals surface area contributed by atoms with E-state index in [1.807, 2.05) is 19.9 Å². The molecular formula is C13H19N3O3S. The van der Waals surface area contributed by atoms with E-state index < -0.39 is 10.0 Å². The first-order valence-electron chi connectivity index (χ1n) is 6.48. The lowest BCUT2D eigenvalue weighted by Gasteiger charge is -2.16. The van der Waals surface area contributed by atoms with E-state index in [-0.39, 0.29) is 24.3 Å². The van der Waals surface area contributed by atoms with Gasteiger partial charge in [0, 0.05) is 18.9 Å². The Balaban J connectivity index is 2.10. The lowest BCUT2D eigenvalue weighted by molar-refractivity contribution is 0.402. The van der Waals surface area contributed by atoms with E-state index in [1.165, 1.54) is 0 Å². The molecule has 0 spiro atoms. The third kappa shape index (κ3) is 3.94. The smallest absolute Gasteiger partial charge is 0.211 e. The molecule has 0 aliphatic rings. The summed E-state index contributed by atoms with van der Waals surface area (Å²) in [6.45, 7) is 3.96. The minimum Gasteiger partial charge on any atom is -0.467 e. The lowest BCUT2D eigenvalue weighted by Crippen LogP contribution is -2.34. The van der Waals surface area contributed by atoms with Crippen LogP contribution in [-0.4, -0.2) is 30.5 Å². The van der Waals surface area contributed by atoms with Crippen molar-refractivity contribution in [2.24, 2.45) is 5.92 Å². The van der Waals surface area contributed by atoms with Gasteiger partial charge in [-0.05, 0) is 24.1 Å².